The third-order valence-electron chi connectivity index (χ3n) is 2.46. The van der Waals surface area contributed by atoms with E-state index in [0.29, 0.717) is 12.2 Å². The van der Waals surface area contributed by atoms with Crippen LogP contribution in [0.3, 0.4) is 0 Å². The van der Waals surface area contributed by atoms with Crippen molar-refractivity contribution in [2.75, 3.05) is 6.61 Å². The van der Waals surface area contributed by atoms with Crippen LogP contribution in [0.2, 0.25) is 0 Å². The molecule has 0 saturated carbocycles. The Morgan fingerprint density at radius 2 is 1.94 bits per heavy atom. The van der Waals surface area contributed by atoms with Crippen LogP contribution < -0.4 is 0 Å². The van der Waals surface area contributed by atoms with Crippen LogP contribution in [0, 0.1) is 0 Å². The predicted octanol–water partition coefficient (Wildman–Crippen LogP) is 4.02. The van der Waals surface area contributed by atoms with Gasteiger partial charge in [-0.25, -0.2) is 4.79 Å². The van der Waals surface area contributed by atoms with Gasteiger partial charge in [-0.05, 0) is 26.7 Å². The molecule has 2 heteroatoms. The maximum Gasteiger partial charge on any atom is 0.333 e. The number of carbonyl (C=O) groups is 1. The topological polar surface area (TPSA) is 26.3 Å². The van der Waals surface area contributed by atoms with E-state index in [-0.39, 0.29) is 5.97 Å². The van der Waals surface area contributed by atoms with Gasteiger partial charge in [0.15, 0.2) is 0 Å². The normalized spacial score (nSPS) is 12.1. The highest BCUT2D eigenvalue weighted by Gasteiger charge is 2.01. The lowest BCUT2D eigenvalue weighted by Crippen LogP contribution is -2.05. The van der Waals surface area contributed by atoms with Crippen molar-refractivity contribution in [1.29, 1.82) is 0 Å². The Labute approximate surface area is 99.4 Å². The summed E-state index contributed by atoms with van der Waals surface area (Å²) >= 11 is 0. The van der Waals surface area contributed by atoms with Crippen molar-refractivity contribution >= 4 is 5.97 Å². The molecule has 0 atom stereocenters. The summed E-state index contributed by atoms with van der Waals surface area (Å²) in [7, 11) is 0. The zero-order valence-corrected chi connectivity index (χ0v) is 10.8. The Kier molecular flexibility index (Phi) is 9.78. The molecular weight excluding hydrogens is 200 g/mol. The Morgan fingerprint density at radius 1 is 1.19 bits per heavy atom. The molecular formula is C14H24O2. The van der Waals surface area contributed by atoms with Crippen molar-refractivity contribution in [3.05, 3.63) is 23.8 Å². The van der Waals surface area contributed by atoms with Crippen LogP contribution in [0.25, 0.3) is 0 Å². The number of allylic oxidation sites excluding steroid dienone is 2. The average Bonchev–Trinajstić information content (AvgIpc) is 2.31. The first-order valence-electron chi connectivity index (χ1n) is 6.17. The zero-order valence-electron chi connectivity index (χ0n) is 10.8. The fraction of sp³-hybridized carbons (Fsp3) is 0.643. The van der Waals surface area contributed by atoms with Crippen LogP contribution in [-0.4, -0.2) is 12.6 Å². The summed E-state index contributed by atoms with van der Waals surface area (Å²) in [5.41, 5.74) is 0.663. The Hall–Kier alpha value is -1.05. The molecule has 16 heavy (non-hydrogen) atoms. The number of hydrogen-bond acceptors (Lipinski definition) is 2. The van der Waals surface area contributed by atoms with Crippen molar-refractivity contribution in [1.82, 2.24) is 0 Å². The number of esters is 1. The van der Waals surface area contributed by atoms with Gasteiger partial charge < -0.3 is 4.74 Å². The maximum atomic E-state index is 11.2. The summed E-state index contributed by atoms with van der Waals surface area (Å²) in [6, 6.07) is 0. The highest BCUT2D eigenvalue weighted by molar-refractivity contribution is 5.87. The van der Waals surface area contributed by atoms with Gasteiger partial charge >= 0.3 is 5.97 Å². The van der Waals surface area contributed by atoms with Gasteiger partial charge in [0.2, 0.25) is 0 Å². The SMILES string of the molecule is C/C=C(\C)C(=O)OC/C=C\CCCCCC. The van der Waals surface area contributed by atoms with E-state index in [0.717, 1.165) is 6.42 Å². The molecule has 0 amide bonds. The number of hydrogen-bond donors (Lipinski definition) is 0. The Morgan fingerprint density at radius 3 is 2.56 bits per heavy atom. The highest BCUT2D eigenvalue weighted by atomic mass is 16.5. The Bertz CT molecular complexity index is 239. The lowest BCUT2D eigenvalue weighted by atomic mass is 10.1. The van der Waals surface area contributed by atoms with E-state index in [1.54, 1.807) is 13.0 Å². The van der Waals surface area contributed by atoms with Gasteiger partial charge in [-0.3, -0.25) is 0 Å². The van der Waals surface area contributed by atoms with E-state index in [4.69, 9.17) is 4.74 Å². The number of unbranched alkanes of at least 4 members (excludes halogenated alkanes) is 4. The average molecular weight is 224 g/mol. The molecule has 0 bridgehead atoms. The first-order valence-corrected chi connectivity index (χ1v) is 6.17. The van der Waals surface area contributed by atoms with Crippen LogP contribution in [0.5, 0.6) is 0 Å². The second-order valence-electron chi connectivity index (χ2n) is 3.89. The van der Waals surface area contributed by atoms with E-state index in [1.165, 1.54) is 25.7 Å². The van der Waals surface area contributed by atoms with Crippen molar-refractivity contribution < 1.29 is 9.53 Å². The standard InChI is InChI=1S/C14H24O2/c1-4-6-7-8-9-10-11-12-16-14(15)13(3)5-2/h5,10-11H,4,6-9,12H2,1-3H3/b11-10-,13-5+. The smallest absolute Gasteiger partial charge is 0.333 e. The van der Waals surface area contributed by atoms with Gasteiger partial charge in [-0.1, -0.05) is 44.4 Å². The summed E-state index contributed by atoms with van der Waals surface area (Å²) in [5.74, 6) is -0.224. The van der Waals surface area contributed by atoms with E-state index < -0.39 is 0 Å². The van der Waals surface area contributed by atoms with Crippen LogP contribution >= 0.6 is 0 Å². The van der Waals surface area contributed by atoms with Crippen molar-refractivity contribution in [2.45, 2.75) is 52.9 Å². The minimum absolute atomic E-state index is 0.224. The molecule has 0 rings (SSSR count). The van der Waals surface area contributed by atoms with Gasteiger partial charge in [0, 0.05) is 5.57 Å². The second kappa shape index (κ2) is 10.5. The van der Waals surface area contributed by atoms with E-state index in [9.17, 15) is 4.79 Å². The zero-order chi connectivity index (χ0) is 12.2. The molecule has 0 aliphatic carbocycles. The van der Waals surface area contributed by atoms with Crippen LogP contribution in [-0.2, 0) is 9.53 Å². The first kappa shape index (κ1) is 14.9. The predicted molar refractivity (Wildman–Crippen MR) is 68.3 cm³/mol. The van der Waals surface area contributed by atoms with Crippen LogP contribution in [0.4, 0.5) is 0 Å². The summed E-state index contributed by atoms with van der Waals surface area (Å²) in [4.78, 5) is 11.2. The van der Waals surface area contributed by atoms with Gasteiger partial charge in [0.25, 0.3) is 0 Å². The fourth-order valence-electron chi connectivity index (χ4n) is 1.23. The largest absolute Gasteiger partial charge is 0.458 e. The molecule has 0 unspecified atom stereocenters. The molecule has 2 nitrogen and oxygen atoms in total. The van der Waals surface area contributed by atoms with Crippen molar-refractivity contribution in [3.63, 3.8) is 0 Å². The van der Waals surface area contributed by atoms with E-state index in [1.807, 2.05) is 13.0 Å². The fourth-order valence-corrected chi connectivity index (χ4v) is 1.23. The number of ether oxygens (including phenoxy) is 1. The van der Waals surface area contributed by atoms with Crippen LogP contribution in [0.15, 0.2) is 23.8 Å². The molecule has 0 aromatic heterocycles. The van der Waals surface area contributed by atoms with E-state index >= 15 is 0 Å². The first-order chi connectivity index (χ1) is 7.72. The Balaban J connectivity index is 3.44. The monoisotopic (exact) mass is 224 g/mol. The molecule has 0 aliphatic rings. The summed E-state index contributed by atoms with van der Waals surface area (Å²) in [5, 5.41) is 0. The minimum atomic E-state index is -0.224. The summed E-state index contributed by atoms with van der Waals surface area (Å²) in [6.45, 7) is 6.19. The molecule has 0 spiro atoms. The lowest BCUT2D eigenvalue weighted by molar-refractivity contribution is -0.137. The van der Waals surface area contributed by atoms with Crippen LogP contribution in [0.1, 0.15) is 52.9 Å². The van der Waals surface area contributed by atoms with Crippen molar-refractivity contribution in [2.24, 2.45) is 0 Å². The number of rotatable bonds is 8. The number of carbonyl (C=O) groups excluding carboxylic acids is 1. The van der Waals surface area contributed by atoms with Crippen molar-refractivity contribution in [3.8, 4) is 0 Å². The molecule has 0 heterocycles. The molecule has 0 saturated heterocycles. The summed E-state index contributed by atoms with van der Waals surface area (Å²) < 4.78 is 5.03. The third-order valence-corrected chi connectivity index (χ3v) is 2.46. The highest BCUT2D eigenvalue weighted by Crippen LogP contribution is 2.03. The third kappa shape index (κ3) is 8.27. The molecule has 0 aromatic carbocycles. The van der Waals surface area contributed by atoms with Gasteiger partial charge in [-0.15, -0.1) is 0 Å². The minimum Gasteiger partial charge on any atom is -0.458 e. The lowest BCUT2D eigenvalue weighted by Gasteiger charge is -2.00. The van der Waals surface area contributed by atoms with Gasteiger partial charge in [0.1, 0.15) is 6.61 Å². The molecule has 0 aromatic rings. The molecule has 92 valence electrons. The molecule has 0 aliphatic heterocycles. The van der Waals surface area contributed by atoms with Gasteiger partial charge in [-0.2, -0.15) is 0 Å². The maximum absolute atomic E-state index is 11.2. The van der Waals surface area contributed by atoms with Gasteiger partial charge in [0.05, 0.1) is 0 Å². The molecule has 0 fully saturated rings. The second-order valence-corrected chi connectivity index (χ2v) is 3.89. The molecule has 0 N–H and O–H groups in total. The summed E-state index contributed by atoms with van der Waals surface area (Å²) in [6.07, 6.45) is 12.0. The molecule has 0 radical (unpaired) electrons. The quantitative estimate of drug-likeness (QED) is 0.269. The van der Waals surface area contributed by atoms with E-state index in [2.05, 4.69) is 13.0 Å².